The Labute approximate surface area is 205 Å². The third-order valence-electron chi connectivity index (χ3n) is 7.86. The number of aryl methyl sites for hydroxylation is 1. The highest BCUT2D eigenvalue weighted by atomic mass is 19.1. The highest BCUT2D eigenvalue weighted by Gasteiger charge is 2.51. The summed E-state index contributed by atoms with van der Waals surface area (Å²) >= 11 is 0. The van der Waals surface area contributed by atoms with E-state index in [-0.39, 0.29) is 22.9 Å². The number of pyridine rings is 2. The van der Waals surface area contributed by atoms with Gasteiger partial charge in [-0.25, -0.2) is 9.18 Å². The third-order valence-corrected chi connectivity index (χ3v) is 7.86. The van der Waals surface area contributed by atoms with Crippen molar-refractivity contribution in [2.45, 2.75) is 45.7 Å². The van der Waals surface area contributed by atoms with E-state index in [0.29, 0.717) is 24.9 Å². The third kappa shape index (κ3) is 4.66. The molecule has 8 nitrogen and oxygen atoms in total. The van der Waals surface area contributed by atoms with Crippen molar-refractivity contribution in [1.82, 2.24) is 19.4 Å². The molecule has 1 spiro atoms. The number of amides is 1. The molecular weight excluding hydrogens is 449 g/mol. The molecule has 0 unspecified atom stereocenters. The van der Waals surface area contributed by atoms with Crippen LogP contribution in [0.25, 0.3) is 11.3 Å². The Morgan fingerprint density at radius 1 is 1.20 bits per heavy atom. The number of carbonyl (C=O) groups is 1. The van der Waals surface area contributed by atoms with Gasteiger partial charge in [0.1, 0.15) is 5.82 Å². The predicted molar refractivity (Wildman–Crippen MR) is 132 cm³/mol. The first-order valence-corrected chi connectivity index (χ1v) is 12.7. The van der Waals surface area contributed by atoms with Gasteiger partial charge in [-0.1, -0.05) is 0 Å². The molecular formula is C26H34FN5O3. The van der Waals surface area contributed by atoms with E-state index in [1.165, 1.54) is 6.20 Å². The summed E-state index contributed by atoms with van der Waals surface area (Å²) < 4.78 is 21.0. The number of piperazine rings is 1. The average Bonchev–Trinajstić information content (AvgIpc) is 3.30. The van der Waals surface area contributed by atoms with Gasteiger partial charge in [0.2, 0.25) is 0 Å². The molecule has 0 aromatic carbocycles. The van der Waals surface area contributed by atoms with Gasteiger partial charge in [0.15, 0.2) is 0 Å². The second kappa shape index (κ2) is 9.60. The summed E-state index contributed by atoms with van der Waals surface area (Å²) in [5.74, 6) is -0.358. The minimum Gasteiger partial charge on any atom is -0.450 e. The molecule has 0 radical (unpaired) electrons. The zero-order valence-corrected chi connectivity index (χ0v) is 20.6. The number of ether oxygens (including phenoxy) is 1. The first kappa shape index (κ1) is 23.8. The van der Waals surface area contributed by atoms with Gasteiger partial charge in [-0.3, -0.25) is 14.7 Å². The number of anilines is 1. The fourth-order valence-corrected chi connectivity index (χ4v) is 6.02. The number of rotatable bonds is 5. The molecule has 1 amide bonds. The minimum atomic E-state index is -0.358. The van der Waals surface area contributed by atoms with Crippen molar-refractivity contribution in [2.24, 2.45) is 5.41 Å². The molecule has 0 bridgehead atoms. The number of likely N-dealkylation sites (tertiary alicyclic amines) is 1. The van der Waals surface area contributed by atoms with E-state index in [0.717, 1.165) is 69.8 Å². The van der Waals surface area contributed by atoms with Crippen LogP contribution in [0.2, 0.25) is 0 Å². The van der Waals surface area contributed by atoms with Crippen LogP contribution in [0.3, 0.4) is 0 Å². The maximum atomic E-state index is 14.2. The lowest BCUT2D eigenvalue weighted by Gasteiger charge is -2.48. The number of halogens is 1. The van der Waals surface area contributed by atoms with Gasteiger partial charge in [0, 0.05) is 81.2 Å². The predicted octanol–water partition coefficient (Wildman–Crippen LogP) is 3.20. The van der Waals surface area contributed by atoms with E-state index < -0.39 is 0 Å². The molecule has 35 heavy (non-hydrogen) atoms. The summed E-state index contributed by atoms with van der Waals surface area (Å²) in [7, 11) is 0. The summed E-state index contributed by atoms with van der Waals surface area (Å²) in [6.07, 6.45) is 6.28. The Morgan fingerprint density at radius 2 is 1.97 bits per heavy atom. The SMILES string of the molecule is CCOC(=O)N1CC2(CC[C@@H](N3CCN(c4cc(F)cnc4-c4ccc(=O)n(CC)c4)CC3)C2)C1. The second-order valence-corrected chi connectivity index (χ2v) is 10.0. The zero-order chi connectivity index (χ0) is 24.6. The Kier molecular flexibility index (Phi) is 6.53. The van der Waals surface area contributed by atoms with Crippen LogP contribution >= 0.6 is 0 Å². The van der Waals surface area contributed by atoms with Gasteiger partial charge < -0.3 is 19.1 Å². The number of aromatic nitrogens is 2. The topological polar surface area (TPSA) is 70.9 Å². The van der Waals surface area contributed by atoms with Crippen molar-refractivity contribution in [2.75, 3.05) is 50.8 Å². The van der Waals surface area contributed by atoms with Crippen LogP contribution in [0.4, 0.5) is 14.9 Å². The average molecular weight is 484 g/mol. The smallest absolute Gasteiger partial charge is 0.409 e. The molecule has 4 heterocycles. The van der Waals surface area contributed by atoms with Crippen LogP contribution in [0.1, 0.15) is 33.1 Å². The van der Waals surface area contributed by atoms with Gasteiger partial charge in [0.25, 0.3) is 5.56 Å². The van der Waals surface area contributed by atoms with Crippen molar-refractivity contribution in [3.8, 4) is 11.3 Å². The van der Waals surface area contributed by atoms with Crippen molar-refractivity contribution in [3.63, 3.8) is 0 Å². The number of nitrogens with zero attached hydrogens (tertiary/aromatic N) is 5. The first-order valence-electron chi connectivity index (χ1n) is 12.7. The Morgan fingerprint density at radius 3 is 2.69 bits per heavy atom. The van der Waals surface area contributed by atoms with E-state index in [2.05, 4.69) is 14.8 Å². The van der Waals surface area contributed by atoms with Crippen LogP contribution in [0.5, 0.6) is 0 Å². The second-order valence-electron chi connectivity index (χ2n) is 10.0. The lowest BCUT2D eigenvalue weighted by Crippen LogP contribution is -2.58. The zero-order valence-electron chi connectivity index (χ0n) is 20.6. The summed E-state index contributed by atoms with van der Waals surface area (Å²) in [4.78, 5) is 35.0. The first-order chi connectivity index (χ1) is 16.9. The quantitative estimate of drug-likeness (QED) is 0.651. The van der Waals surface area contributed by atoms with Gasteiger partial charge >= 0.3 is 6.09 Å². The summed E-state index contributed by atoms with van der Waals surface area (Å²) in [5.41, 5.74) is 2.49. The van der Waals surface area contributed by atoms with Crippen LogP contribution in [0.15, 0.2) is 35.4 Å². The summed E-state index contributed by atoms with van der Waals surface area (Å²) in [5, 5.41) is 0. The molecule has 3 aliphatic rings. The lowest BCUT2D eigenvalue weighted by molar-refractivity contribution is -0.00294. The maximum absolute atomic E-state index is 14.2. The van der Waals surface area contributed by atoms with Gasteiger partial charge in [-0.2, -0.15) is 0 Å². The van der Waals surface area contributed by atoms with E-state index in [1.54, 1.807) is 29.0 Å². The fraction of sp³-hybridized carbons (Fsp3) is 0.577. The van der Waals surface area contributed by atoms with Crippen molar-refractivity contribution in [3.05, 3.63) is 46.8 Å². The van der Waals surface area contributed by atoms with Gasteiger partial charge in [0.05, 0.1) is 24.2 Å². The molecule has 2 aromatic rings. The molecule has 5 rings (SSSR count). The molecule has 1 atom stereocenters. The van der Waals surface area contributed by atoms with E-state index >= 15 is 0 Å². The molecule has 1 saturated carbocycles. The van der Waals surface area contributed by atoms with Crippen molar-refractivity contribution < 1.29 is 13.9 Å². The van der Waals surface area contributed by atoms with Crippen molar-refractivity contribution in [1.29, 1.82) is 0 Å². The number of hydrogen-bond acceptors (Lipinski definition) is 6. The monoisotopic (exact) mass is 483 g/mol. The van der Waals surface area contributed by atoms with Crippen LogP contribution in [-0.2, 0) is 11.3 Å². The van der Waals surface area contributed by atoms with Gasteiger partial charge in [-0.15, -0.1) is 0 Å². The summed E-state index contributed by atoms with van der Waals surface area (Å²) in [6, 6.07) is 5.40. The molecule has 3 fully saturated rings. The van der Waals surface area contributed by atoms with Crippen LogP contribution in [0, 0.1) is 11.2 Å². The Bertz CT molecular complexity index is 1140. The molecule has 2 saturated heterocycles. The number of carbonyl (C=O) groups excluding carboxylic acids is 1. The lowest BCUT2D eigenvalue weighted by atomic mass is 9.78. The standard InChI is InChI=1S/C26H34FN5O3/c1-3-29-16-19(5-6-23(29)33)24-22(13-20(27)15-28-24)31-11-9-30(10-12-31)21-7-8-26(14-21)17-32(18-26)25(34)35-4-2/h5-6,13,15-16,21H,3-4,7-12,14,17-18H2,1-2H3/t21-/m1/s1. The molecule has 2 aromatic heterocycles. The molecule has 9 heteroatoms. The molecule has 188 valence electrons. The fourth-order valence-electron chi connectivity index (χ4n) is 6.02. The Balaban J connectivity index is 1.23. The molecule has 2 aliphatic heterocycles. The maximum Gasteiger partial charge on any atom is 0.409 e. The van der Waals surface area contributed by atoms with Crippen LogP contribution in [-0.4, -0.2) is 77.4 Å². The van der Waals surface area contributed by atoms with Crippen molar-refractivity contribution >= 4 is 11.8 Å². The van der Waals surface area contributed by atoms with Crippen LogP contribution < -0.4 is 10.5 Å². The van der Waals surface area contributed by atoms with E-state index in [9.17, 15) is 14.0 Å². The van der Waals surface area contributed by atoms with E-state index in [4.69, 9.17) is 4.74 Å². The van der Waals surface area contributed by atoms with Gasteiger partial charge in [-0.05, 0) is 39.2 Å². The largest absolute Gasteiger partial charge is 0.450 e. The molecule has 1 aliphatic carbocycles. The molecule has 0 N–H and O–H groups in total. The highest BCUT2D eigenvalue weighted by molar-refractivity contribution is 5.74. The Hall–Kier alpha value is -2.94. The van der Waals surface area contributed by atoms with E-state index in [1.807, 2.05) is 18.7 Å². The number of hydrogen-bond donors (Lipinski definition) is 0. The minimum absolute atomic E-state index is 0.0558. The normalized spacial score (nSPS) is 21.9. The summed E-state index contributed by atoms with van der Waals surface area (Å²) in [6.45, 7) is 9.77. The highest BCUT2D eigenvalue weighted by Crippen LogP contribution is 2.47.